The number of aliphatic carboxylic acids is 1. The predicted octanol–water partition coefficient (Wildman–Crippen LogP) is 0.480. The van der Waals surface area contributed by atoms with Crippen molar-refractivity contribution < 1.29 is 24.2 Å². The van der Waals surface area contributed by atoms with Crippen LogP contribution in [0.3, 0.4) is 0 Å². The number of nitrogens with zero attached hydrogens (tertiary/aromatic N) is 2. The first-order chi connectivity index (χ1) is 9.92. The van der Waals surface area contributed by atoms with E-state index in [4.69, 9.17) is 16.3 Å². The quantitative estimate of drug-likeness (QED) is 0.329. The van der Waals surface area contributed by atoms with Crippen molar-refractivity contribution in [2.75, 3.05) is 12.5 Å². The maximum Gasteiger partial charge on any atom is 0.363 e. The van der Waals surface area contributed by atoms with Crippen LogP contribution < -0.4 is 0 Å². The molecular weight excluding hydrogens is 320 g/mol. The molecule has 0 saturated carbocycles. The largest absolute Gasteiger partial charge is 0.479 e. The van der Waals surface area contributed by atoms with Crippen LogP contribution in [-0.4, -0.2) is 62.8 Å². The summed E-state index contributed by atoms with van der Waals surface area (Å²) < 4.78 is 4.82. The summed E-state index contributed by atoms with van der Waals surface area (Å²) in [5.74, 6) is -2.34. The number of fused-ring (bicyclic) bond motifs is 1. The summed E-state index contributed by atoms with van der Waals surface area (Å²) in [6.07, 6.45) is 0. The molecule has 1 N–H and O–H groups in total. The Kier molecular flexibility index (Phi) is 4.58. The zero-order valence-corrected chi connectivity index (χ0v) is 12.7. The average molecular weight is 333 g/mol. The molecule has 1 amide bonds. The molecule has 114 valence electrons. The minimum atomic E-state index is -1.21. The number of halogens is 1. The van der Waals surface area contributed by atoms with Crippen LogP contribution in [0.15, 0.2) is 17.1 Å². The number of carboxylic acids is 1. The van der Waals surface area contributed by atoms with Crippen LogP contribution in [0.25, 0.3) is 0 Å². The molecule has 9 heteroatoms. The van der Waals surface area contributed by atoms with E-state index in [2.05, 4.69) is 11.6 Å². The molecule has 1 saturated heterocycles. The van der Waals surface area contributed by atoms with E-state index in [1.54, 1.807) is 6.92 Å². The van der Waals surface area contributed by atoms with Gasteiger partial charge in [-0.15, -0.1) is 11.6 Å². The van der Waals surface area contributed by atoms with E-state index in [0.717, 1.165) is 16.7 Å². The highest BCUT2D eigenvalue weighted by molar-refractivity contribution is 8.16. The Labute approximate surface area is 130 Å². The van der Waals surface area contributed by atoms with Gasteiger partial charge in [-0.1, -0.05) is 18.3 Å². The van der Waals surface area contributed by atoms with Gasteiger partial charge >= 0.3 is 11.9 Å². The summed E-state index contributed by atoms with van der Waals surface area (Å²) >= 11 is 6.64. The van der Waals surface area contributed by atoms with Gasteiger partial charge < -0.3 is 14.7 Å². The minimum Gasteiger partial charge on any atom is -0.479 e. The molecule has 0 aliphatic carbocycles. The highest BCUT2D eigenvalue weighted by atomic mass is 35.5. The van der Waals surface area contributed by atoms with Gasteiger partial charge in [-0.2, -0.15) is 0 Å². The lowest BCUT2D eigenvalue weighted by atomic mass is 10.00. The Balaban J connectivity index is 2.15. The van der Waals surface area contributed by atoms with Gasteiger partial charge in [-0.3, -0.25) is 9.79 Å². The summed E-state index contributed by atoms with van der Waals surface area (Å²) in [4.78, 5) is 40.1. The second-order valence-corrected chi connectivity index (χ2v) is 5.76. The van der Waals surface area contributed by atoms with Crippen molar-refractivity contribution >= 4 is 46.3 Å². The van der Waals surface area contributed by atoms with E-state index in [1.165, 1.54) is 0 Å². The second-order valence-electron chi connectivity index (χ2n) is 4.39. The van der Waals surface area contributed by atoms with E-state index in [-0.39, 0.29) is 23.1 Å². The van der Waals surface area contributed by atoms with Crippen molar-refractivity contribution in [1.82, 2.24) is 4.90 Å². The normalized spacial score (nSPS) is 24.8. The average Bonchev–Trinajstić information content (AvgIpc) is 2.83. The predicted molar refractivity (Wildman–Crippen MR) is 77.4 cm³/mol. The minimum absolute atomic E-state index is 0.0750. The van der Waals surface area contributed by atoms with E-state index < -0.39 is 35.3 Å². The standard InChI is InChI=1S/C12H13ClN2O5S/c1-3-20-12(19)8-14-6-9(16)15(10(6)21-8)7(11(17)18)5(2)4-13/h6-7,10H,2-4H2,1H3,(H,17,18). The van der Waals surface area contributed by atoms with Crippen molar-refractivity contribution in [2.24, 2.45) is 4.99 Å². The highest BCUT2D eigenvalue weighted by Gasteiger charge is 2.57. The molecule has 0 aromatic rings. The first-order valence-corrected chi connectivity index (χ1v) is 7.54. The monoisotopic (exact) mass is 332 g/mol. The highest BCUT2D eigenvalue weighted by Crippen LogP contribution is 2.41. The molecule has 0 aromatic heterocycles. The molecule has 2 aliphatic rings. The third kappa shape index (κ3) is 2.65. The Morgan fingerprint density at radius 1 is 1.62 bits per heavy atom. The lowest BCUT2D eigenvalue weighted by molar-refractivity contribution is -0.157. The van der Waals surface area contributed by atoms with Crippen LogP contribution >= 0.6 is 23.4 Å². The zero-order chi connectivity index (χ0) is 15.7. The summed E-state index contributed by atoms with van der Waals surface area (Å²) in [7, 11) is 0. The third-order valence-corrected chi connectivity index (χ3v) is 4.63. The van der Waals surface area contributed by atoms with Crippen LogP contribution in [0.4, 0.5) is 0 Å². The number of likely N-dealkylation sites (tertiary alicyclic amines) is 1. The van der Waals surface area contributed by atoms with Crippen molar-refractivity contribution in [2.45, 2.75) is 24.4 Å². The molecule has 0 bridgehead atoms. The molecule has 2 heterocycles. The number of alkyl halides is 1. The summed E-state index contributed by atoms with van der Waals surface area (Å²) in [5.41, 5.74) is 0.209. The van der Waals surface area contributed by atoms with Gasteiger partial charge in [0.2, 0.25) is 0 Å². The zero-order valence-electron chi connectivity index (χ0n) is 11.1. The number of ether oxygens (including phenoxy) is 1. The summed E-state index contributed by atoms with van der Waals surface area (Å²) in [6.45, 7) is 5.45. The van der Waals surface area contributed by atoms with Crippen LogP contribution in [0.5, 0.6) is 0 Å². The number of hydrogen-bond acceptors (Lipinski definition) is 6. The van der Waals surface area contributed by atoms with Gasteiger partial charge in [0, 0.05) is 5.88 Å². The van der Waals surface area contributed by atoms with Gasteiger partial charge in [0.05, 0.1) is 6.61 Å². The summed E-state index contributed by atoms with van der Waals surface area (Å²) in [5, 5.41) is 8.81. The topological polar surface area (TPSA) is 96.3 Å². The molecule has 0 spiro atoms. The van der Waals surface area contributed by atoms with Crippen molar-refractivity contribution in [3.8, 4) is 0 Å². The number of rotatable bonds is 6. The Hall–Kier alpha value is -1.54. The Morgan fingerprint density at radius 2 is 2.29 bits per heavy atom. The second kappa shape index (κ2) is 6.07. The fraction of sp³-hybridized carbons (Fsp3) is 0.500. The van der Waals surface area contributed by atoms with Crippen molar-refractivity contribution in [1.29, 1.82) is 0 Å². The maximum atomic E-state index is 12.0. The molecule has 1 fully saturated rings. The van der Waals surface area contributed by atoms with Crippen LogP contribution in [0.1, 0.15) is 6.92 Å². The number of amides is 1. The fourth-order valence-electron chi connectivity index (χ4n) is 2.11. The lowest BCUT2D eigenvalue weighted by Gasteiger charge is -2.44. The smallest absolute Gasteiger partial charge is 0.363 e. The number of esters is 1. The molecular formula is C12H13ClN2O5S. The molecule has 21 heavy (non-hydrogen) atoms. The molecule has 2 rings (SSSR count). The van der Waals surface area contributed by atoms with Gasteiger partial charge in [-0.25, -0.2) is 9.59 Å². The fourth-order valence-corrected chi connectivity index (χ4v) is 3.46. The Bertz CT molecular complexity index is 550. The van der Waals surface area contributed by atoms with Crippen LogP contribution in [0, 0.1) is 0 Å². The van der Waals surface area contributed by atoms with Crippen LogP contribution in [-0.2, 0) is 19.1 Å². The Morgan fingerprint density at radius 3 is 2.81 bits per heavy atom. The first kappa shape index (κ1) is 15.8. The lowest BCUT2D eigenvalue weighted by Crippen LogP contribution is -2.66. The van der Waals surface area contributed by atoms with Crippen molar-refractivity contribution in [3.63, 3.8) is 0 Å². The van der Waals surface area contributed by atoms with Crippen LogP contribution in [0.2, 0.25) is 0 Å². The number of carboxylic acid groups (broad SMARTS) is 1. The SMILES string of the molecule is C=C(CCl)C(C(=O)O)N1C(=O)C2N=C(C(=O)OCC)SC21. The number of carbonyl (C=O) groups is 3. The van der Waals surface area contributed by atoms with Gasteiger partial charge in [0.15, 0.2) is 17.1 Å². The van der Waals surface area contributed by atoms with Gasteiger partial charge in [0.25, 0.3) is 5.91 Å². The number of β-lactam (4-membered cyclic amide) rings is 1. The van der Waals surface area contributed by atoms with E-state index in [1.807, 2.05) is 0 Å². The van der Waals surface area contributed by atoms with Gasteiger partial charge in [-0.05, 0) is 12.5 Å². The number of hydrogen-bond donors (Lipinski definition) is 1. The van der Waals surface area contributed by atoms with E-state index >= 15 is 0 Å². The summed E-state index contributed by atoms with van der Waals surface area (Å²) in [6, 6.07) is -1.94. The molecule has 3 unspecified atom stereocenters. The molecule has 0 aromatic carbocycles. The number of aliphatic imine (C=N–C) groups is 1. The van der Waals surface area contributed by atoms with Crippen molar-refractivity contribution in [3.05, 3.63) is 12.2 Å². The van der Waals surface area contributed by atoms with E-state index in [0.29, 0.717) is 0 Å². The maximum absolute atomic E-state index is 12.0. The number of thioether (sulfide) groups is 1. The molecule has 2 aliphatic heterocycles. The third-order valence-electron chi connectivity index (χ3n) is 3.06. The molecule has 3 atom stereocenters. The number of carbonyl (C=O) groups excluding carboxylic acids is 2. The van der Waals surface area contributed by atoms with Gasteiger partial charge in [0.1, 0.15) is 5.37 Å². The first-order valence-electron chi connectivity index (χ1n) is 6.12. The molecule has 0 radical (unpaired) electrons. The molecule has 7 nitrogen and oxygen atoms in total. The van der Waals surface area contributed by atoms with E-state index in [9.17, 15) is 19.5 Å².